The summed E-state index contributed by atoms with van der Waals surface area (Å²) in [4.78, 5) is 30.2. The Bertz CT molecular complexity index is 755. The van der Waals surface area contributed by atoms with E-state index < -0.39 is 36.3 Å². The predicted molar refractivity (Wildman–Crippen MR) is 105 cm³/mol. The highest BCUT2D eigenvalue weighted by molar-refractivity contribution is 14.1. The second-order valence-corrected chi connectivity index (χ2v) is 7.72. The first-order valence-corrected chi connectivity index (χ1v) is 9.99. The quantitative estimate of drug-likeness (QED) is 0.443. The molecule has 0 aromatic carbocycles. The lowest BCUT2D eigenvalue weighted by atomic mass is 10.1. The van der Waals surface area contributed by atoms with Crippen molar-refractivity contribution in [2.45, 2.75) is 31.5 Å². The zero-order valence-corrected chi connectivity index (χ0v) is 17.4. The zero-order valence-electron chi connectivity index (χ0n) is 15.3. The third kappa shape index (κ3) is 4.99. The van der Waals surface area contributed by atoms with Gasteiger partial charge in [0.15, 0.2) is 12.0 Å². The van der Waals surface area contributed by atoms with Gasteiger partial charge in [0.1, 0.15) is 18.8 Å². The van der Waals surface area contributed by atoms with Gasteiger partial charge in [0.05, 0.1) is 22.9 Å². The molecule has 2 fully saturated rings. The van der Waals surface area contributed by atoms with Crippen molar-refractivity contribution in [1.29, 1.82) is 0 Å². The summed E-state index contributed by atoms with van der Waals surface area (Å²) in [6, 6.07) is 0. The van der Waals surface area contributed by atoms with Crippen LogP contribution in [-0.4, -0.2) is 88.5 Å². The standard InChI is InChI=1S/C16H23IN4O7/c1-9-11(22)12(23)14(28-9)21-8-10(17)13(18-15(21)24)19-16(25)27-7-4-20-2-5-26-6-3-20/h8-9,11-12,14,22-23H,2-7H2,1H3,(H,18,19,24,25)/t9-,11-,12-,14-/m1/s1. The van der Waals surface area contributed by atoms with Crippen molar-refractivity contribution in [3.05, 3.63) is 20.3 Å². The number of aromatic nitrogens is 2. The van der Waals surface area contributed by atoms with Gasteiger partial charge in [-0.1, -0.05) is 0 Å². The fraction of sp³-hybridized carbons (Fsp3) is 0.688. The van der Waals surface area contributed by atoms with Gasteiger partial charge in [-0.25, -0.2) is 9.59 Å². The topological polar surface area (TPSA) is 135 Å². The number of nitrogens with one attached hydrogen (secondary N) is 1. The number of rotatable bonds is 5. The minimum absolute atomic E-state index is 0.0549. The number of carbonyl (C=O) groups is 1. The Labute approximate surface area is 174 Å². The number of anilines is 1. The van der Waals surface area contributed by atoms with Gasteiger partial charge in [0, 0.05) is 25.8 Å². The fourth-order valence-corrected chi connectivity index (χ4v) is 3.55. The molecule has 0 spiro atoms. The van der Waals surface area contributed by atoms with Gasteiger partial charge in [-0.05, 0) is 29.5 Å². The molecule has 4 atom stereocenters. The van der Waals surface area contributed by atoms with E-state index in [1.807, 2.05) is 22.6 Å². The smallest absolute Gasteiger partial charge is 0.412 e. The summed E-state index contributed by atoms with van der Waals surface area (Å²) in [6.07, 6.45) is -3.34. The largest absolute Gasteiger partial charge is 0.448 e. The third-order valence-electron chi connectivity index (χ3n) is 4.62. The summed E-state index contributed by atoms with van der Waals surface area (Å²) in [6.45, 7) is 5.33. The van der Waals surface area contributed by atoms with E-state index in [4.69, 9.17) is 14.2 Å². The van der Waals surface area contributed by atoms with Gasteiger partial charge >= 0.3 is 11.8 Å². The normalized spacial score (nSPS) is 28.3. The second-order valence-electron chi connectivity index (χ2n) is 6.56. The first kappa shape index (κ1) is 21.4. The number of nitrogens with zero attached hydrogens (tertiary/aromatic N) is 3. The molecule has 1 amide bonds. The second kappa shape index (κ2) is 9.45. The van der Waals surface area contributed by atoms with Crippen molar-refractivity contribution in [2.75, 3.05) is 44.8 Å². The summed E-state index contributed by atoms with van der Waals surface area (Å²) in [5.74, 6) is 0.0549. The summed E-state index contributed by atoms with van der Waals surface area (Å²) in [5.41, 5.74) is -0.727. The predicted octanol–water partition coefficient (Wildman–Crippen LogP) is -0.632. The molecular weight excluding hydrogens is 487 g/mol. The lowest BCUT2D eigenvalue weighted by Gasteiger charge is -2.26. The van der Waals surface area contributed by atoms with Crippen molar-refractivity contribution < 1.29 is 29.2 Å². The molecular formula is C16H23IN4O7. The van der Waals surface area contributed by atoms with Crippen LogP contribution in [0.3, 0.4) is 0 Å². The first-order valence-electron chi connectivity index (χ1n) is 8.91. The summed E-state index contributed by atoms with van der Waals surface area (Å²) in [5, 5.41) is 22.3. The molecule has 2 saturated heterocycles. The number of aliphatic hydroxyl groups excluding tert-OH is 2. The van der Waals surface area contributed by atoms with Crippen molar-refractivity contribution >= 4 is 34.5 Å². The Morgan fingerprint density at radius 2 is 2.11 bits per heavy atom. The Kier molecular flexibility index (Phi) is 7.22. The lowest BCUT2D eigenvalue weighted by Crippen LogP contribution is -2.38. The molecule has 2 aliphatic rings. The van der Waals surface area contributed by atoms with Gasteiger partial charge < -0.3 is 24.4 Å². The highest BCUT2D eigenvalue weighted by atomic mass is 127. The molecule has 3 rings (SSSR count). The number of aliphatic hydroxyl groups is 2. The number of hydrogen-bond acceptors (Lipinski definition) is 9. The molecule has 0 unspecified atom stereocenters. The van der Waals surface area contributed by atoms with Crippen LogP contribution >= 0.6 is 22.6 Å². The van der Waals surface area contributed by atoms with Gasteiger partial charge in [0.25, 0.3) is 0 Å². The van der Waals surface area contributed by atoms with Crippen LogP contribution < -0.4 is 11.0 Å². The van der Waals surface area contributed by atoms with E-state index in [9.17, 15) is 19.8 Å². The maximum atomic E-state index is 12.3. The average Bonchev–Trinajstić information content (AvgIpc) is 2.92. The molecule has 11 nitrogen and oxygen atoms in total. The van der Waals surface area contributed by atoms with Gasteiger partial charge in [-0.3, -0.25) is 14.8 Å². The maximum Gasteiger partial charge on any atom is 0.412 e. The maximum absolute atomic E-state index is 12.3. The van der Waals surface area contributed by atoms with Crippen LogP contribution in [0.15, 0.2) is 11.0 Å². The van der Waals surface area contributed by atoms with Crippen LogP contribution in [0.2, 0.25) is 0 Å². The van der Waals surface area contributed by atoms with Crippen molar-refractivity contribution in [2.24, 2.45) is 0 Å². The van der Waals surface area contributed by atoms with Crippen molar-refractivity contribution in [3.63, 3.8) is 0 Å². The number of halogens is 1. The average molecular weight is 510 g/mol. The van der Waals surface area contributed by atoms with Crippen LogP contribution in [0, 0.1) is 3.57 Å². The highest BCUT2D eigenvalue weighted by Gasteiger charge is 2.42. The van der Waals surface area contributed by atoms with Crippen molar-refractivity contribution in [1.82, 2.24) is 14.5 Å². The fourth-order valence-electron chi connectivity index (χ4n) is 3.00. The molecule has 156 valence electrons. The van der Waals surface area contributed by atoms with E-state index in [2.05, 4.69) is 15.2 Å². The van der Waals surface area contributed by atoms with E-state index >= 15 is 0 Å². The molecule has 1 aromatic rings. The van der Waals surface area contributed by atoms with E-state index in [1.54, 1.807) is 6.92 Å². The molecule has 0 aliphatic carbocycles. The number of hydrogen-bond donors (Lipinski definition) is 3. The molecule has 3 heterocycles. The Hall–Kier alpha value is -1.32. The molecule has 1 aromatic heterocycles. The van der Waals surface area contributed by atoms with Gasteiger partial charge in [-0.15, -0.1) is 0 Å². The Morgan fingerprint density at radius 3 is 2.75 bits per heavy atom. The number of morpholine rings is 1. The van der Waals surface area contributed by atoms with Crippen LogP contribution in [0.25, 0.3) is 0 Å². The number of amides is 1. The van der Waals surface area contributed by atoms with E-state index in [1.165, 1.54) is 6.20 Å². The number of ether oxygens (including phenoxy) is 3. The molecule has 28 heavy (non-hydrogen) atoms. The molecule has 0 saturated carbocycles. The van der Waals surface area contributed by atoms with E-state index in [-0.39, 0.29) is 12.4 Å². The monoisotopic (exact) mass is 510 g/mol. The SMILES string of the molecule is C[C@H]1O[C@@H](n2cc(I)c(NC(=O)OCCN3CCOCC3)nc2=O)[C@H](O)[C@@H]1O. The van der Waals surface area contributed by atoms with Crippen LogP contribution in [0.1, 0.15) is 13.2 Å². The minimum atomic E-state index is -1.26. The van der Waals surface area contributed by atoms with Crippen LogP contribution in [-0.2, 0) is 14.2 Å². The van der Waals surface area contributed by atoms with Crippen molar-refractivity contribution in [3.8, 4) is 0 Å². The summed E-state index contributed by atoms with van der Waals surface area (Å²) >= 11 is 1.90. The minimum Gasteiger partial charge on any atom is -0.448 e. The van der Waals surface area contributed by atoms with Gasteiger partial charge in [-0.2, -0.15) is 4.98 Å². The first-order chi connectivity index (χ1) is 13.4. The molecule has 0 bridgehead atoms. The molecule has 3 N–H and O–H groups in total. The summed E-state index contributed by atoms with van der Waals surface area (Å²) in [7, 11) is 0. The van der Waals surface area contributed by atoms with Gasteiger partial charge in [0.2, 0.25) is 0 Å². The Balaban J connectivity index is 1.58. The van der Waals surface area contributed by atoms with E-state index in [0.29, 0.717) is 23.3 Å². The Morgan fingerprint density at radius 1 is 1.39 bits per heavy atom. The van der Waals surface area contributed by atoms with Crippen LogP contribution in [0.5, 0.6) is 0 Å². The summed E-state index contributed by atoms with van der Waals surface area (Å²) < 4.78 is 17.4. The number of carbonyl (C=O) groups excluding carboxylic acids is 1. The van der Waals surface area contributed by atoms with Crippen LogP contribution in [0.4, 0.5) is 10.6 Å². The lowest BCUT2D eigenvalue weighted by molar-refractivity contribution is -0.0351. The molecule has 2 aliphatic heterocycles. The molecule has 0 radical (unpaired) electrons. The third-order valence-corrected chi connectivity index (χ3v) is 5.41. The molecule has 12 heteroatoms. The zero-order chi connectivity index (χ0) is 20.3. The van der Waals surface area contributed by atoms with E-state index in [0.717, 1.165) is 17.7 Å². The highest BCUT2D eigenvalue weighted by Crippen LogP contribution is 2.28.